The van der Waals surface area contributed by atoms with Crippen LogP contribution in [0.25, 0.3) is 22.0 Å². The van der Waals surface area contributed by atoms with Gasteiger partial charge in [0.1, 0.15) is 0 Å². The molecule has 3 nitrogen and oxygen atoms in total. The molecule has 0 aliphatic rings. The van der Waals surface area contributed by atoms with Crippen molar-refractivity contribution in [3.05, 3.63) is 85.1 Å². The highest BCUT2D eigenvalue weighted by Gasteiger charge is 2.01. The van der Waals surface area contributed by atoms with Crippen molar-refractivity contribution in [2.45, 2.75) is 6.54 Å². The minimum Gasteiger partial charge on any atom is -0.333 e. The number of rotatable bonds is 3. The molecule has 0 radical (unpaired) electrons. The summed E-state index contributed by atoms with van der Waals surface area (Å²) in [6.07, 6.45) is 7.45. The summed E-state index contributed by atoms with van der Waals surface area (Å²) in [5.74, 6) is 0. The van der Waals surface area contributed by atoms with Gasteiger partial charge in [-0.05, 0) is 28.8 Å². The summed E-state index contributed by atoms with van der Waals surface area (Å²) in [4.78, 5) is 8.49. The fourth-order valence-corrected chi connectivity index (χ4v) is 2.64. The summed E-state index contributed by atoms with van der Waals surface area (Å²) in [6.45, 7) is 0.847. The summed E-state index contributed by atoms with van der Waals surface area (Å²) in [6, 6.07) is 19.1. The molecular formula is C19H15N3. The highest BCUT2D eigenvalue weighted by atomic mass is 15.0. The smallest absolute Gasteiger partial charge is 0.0949 e. The van der Waals surface area contributed by atoms with Gasteiger partial charge in [0.15, 0.2) is 0 Å². The molecule has 2 heterocycles. The number of nitrogens with zero attached hydrogens (tertiary/aromatic N) is 3. The predicted octanol–water partition coefficient (Wildman–Crippen LogP) is 4.15. The maximum Gasteiger partial charge on any atom is 0.0949 e. The van der Waals surface area contributed by atoms with Crippen molar-refractivity contribution in [3.8, 4) is 11.1 Å². The highest BCUT2D eigenvalue weighted by Crippen LogP contribution is 2.23. The predicted molar refractivity (Wildman–Crippen MR) is 88.5 cm³/mol. The molecule has 3 heteroatoms. The summed E-state index contributed by atoms with van der Waals surface area (Å²) in [5, 5.41) is 1.17. The van der Waals surface area contributed by atoms with E-state index in [4.69, 9.17) is 0 Å². The molecule has 22 heavy (non-hydrogen) atoms. The first-order valence-electron chi connectivity index (χ1n) is 7.28. The van der Waals surface area contributed by atoms with E-state index in [9.17, 15) is 0 Å². The van der Waals surface area contributed by atoms with Crippen molar-refractivity contribution in [2.75, 3.05) is 0 Å². The van der Waals surface area contributed by atoms with E-state index in [0.717, 1.165) is 12.1 Å². The zero-order valence-corrected chi connectivity index (χ0v) is 12.1. The standard InChI is InChI=1S/C19H15N3/c1-2-17-7-8-18(12-19(17)21-9-1)16-5-3-15(4-6-16)13-22-11-10-20-14-22/h1-12,14H,13H2. The van der Waals surface area contributed by atoms with Gasteiger partial charge in [-0.25, -0.2) is 4.98 Å². The Balaban J connectivity index is 1.63. The molecular weight excluding hydrogens is 270 g/mol. The topological polar surface area (TPSA) is 30.7 Å². The molecule has 0 aliphatic carbocycles. The van der Waals surface area contributed by atoms with Crippen LogP contribution in [-0.4, -0.2) is 14.5 Å². The maximum absolute atomic E-state index is 4.42. The lowest BCUT2D eigenvalue weighted by molar-refractivity contribution is 0.797. The lowest BCUT2D eigenvalue weighted by Crippen LogP contribution is -1.95. The van der Waals surface area contributed by atoms with Crippen LogP contribution in [0.2, 0.25) is 0 Å². The number of hydrogen-bond acceptors (Lipinski definition) is 2. The normalized spacial score (nSPS) is 10.9. The van der Waals surface area contributed by atoms with Crippen molar-refractivity contribution < 1.29 is 0 Å². The molecule has 0 atom stereocenters. The molecule has 4 aromatic rings. The van der Waals surface area contributed by atoms with E-state index in [1.807, 2.05) is 24.8 Å². The number of hydrogen-bond donors (Lipinski definition) is 0. The third kappa shape index (κ3) is 2.49. The van der Waals surface area contributed by atoms with Crippen molar-refractivity contribution in [1.29, 1.82) is 0 Å². The van der Waals surface area contributed by atoms with Crippen molar-refractivity contribution >= 4 is 10.9 Å². The van der Waals surface area contributed by atoms with Gasteiger partial charge < -0.3 is 4.57 Å². The lowest BCUT2D eigenvalue weighted by atomic mass is 10.0. The van der Waals surface area contributed by atoms with Crippen LogP contribution in [0, 0.1) is 0 Å². The number of imidazole rings is 1. The van der Waals surface area contributed by atoms with Gasteiger partial charge in [-0.2, -0.15) is 0 Å². The van der Waals surface area contributed by atoms with Crippen LogP contribution in [0.15, 0.2) is 79.5 Å². The van der Waals surface area contributed by atoms with E-state index in [2.05, 4.69) is 63.1 Å². The van der Waals surface area contributed by atoms with Gasteiger partial charge in [-0.15, -0.1) is 0 Å². The summed E-state index contributed by atoms with van der Waals surface area (Å²) < 4.78 is 2.06. The number of benzene rings is 2. The molecule has 0 N–H and O–H groups in total. The molecule has 0 saturated heterocycles. The summed E-state index contributed by atoms with van der Waals surface area (Å²) in [5.41, 5.74) is 4.70. The van der Waals surface area contributed by atoms with E-state index in [0.29, 0.717) is 0 Å². The van der Waals surface area contributed by atoms with Gasteiger partial charge in [0.25, 0.3) is 0 Å². The Kier molecular flexibility index (Phi) is 3.16. The number of aromatic nitrogens is 3. The van der Waals surface area contributed by atoms with E-state index in [1.54, 1.807) is 6.20 Å². The van der Waals surface area contributed by atoms with Crippen LogP contribution >= 0.6 is 0 Å². The zero-order valence-electron chi connectivity index (χ0n) is 12.1. The first-order valence-corrected chi connectivity index (χ1v) is 7.28. The lowest BCUT2D eigenvalue weighted by Gasteiger charge is -2.06. The van der Waals surface area contributed by atoms with Gasteiger partial charge >= 0.3 is 0 Å². The molecule has 0 saturated carbocycles. The van der Waals surface area contributed by atoms with Gasteiger partial charge in [-0.3, -0.25) is 4.98 Å². The molecule has 0 fully saturated rings. The van der Waals surface area contributed by atoms with Crippen LogP contribution in [0.5, 0.6) is 0 Å². The minimum absolute atomic E-state index is 0.847. The Labute approximate surface area is 128 Å². The molecule has 2 aromatic heterocycles. The van der Waals surface area contributed by atoms with E-state index in [1.165, 1.54) is 22.1 Å². The average Bonchev–Trinajstić information content (AvgIpc) is 3.08. The molecule has 0 bridgehead atoms. The molecule has 106 valence electrons. The van der Waals surface area contributed by atoms with Crippen molar-refractivity contribution in [3.63, 3.8) is 0 Å². The highest BCUT2D eigenvalue weighted by molar-refractivity contribution is 5.84. The van der Waals surface area contributed by atoms with Crippen LogP contribution in [0.1, 0.15) is 5.56 Å². The van der Waals surface area contributed by atoms with Crippen LogP contribution in [0.3, 0.4) is 0 Å². The van der Waals surface area contributed by atoms with Crippen LogP contribution in [-0.2, 0) is 6.54 Å². The molecule has 2 aromatic carbocycles. The van der Waals surface area contributed by atoms with E-state index >= 15 is 0 Å². The molecule has 0 spiro atoms. The zero-order chi connectivity index (χ0) is 14.8. The monoisotopic (exact) mass is 285 g/mol. The number of fused-ring (bicyclic) bond motifs is 1. The summed E-state index contributed by atoms with van der Waals surface area (Å²) >= 11 is 0. The second-order valence-electron chi connectivity index (χ2n) is 5.34. The SMILES string of the molecule is c1cnc2cc(-c3ccc(Cn4ccnc4)cc3)ccc2c1. The van der Waals surface area contributed by atoms with Crippen molar-refractivity contribution in [2.24, 2.45) is 0 Å². The van der Waals surface area contributed by atoms with Gasteiger partial charge in [0.2, 0.25) is 0 Å². The van der Waals surface area contributed by atoms with Crippen LogP contribution in [0.4, 0.5) is 0 Å². The second-order valence-corrected chi connectivity index (χ2v) is 5.34. The largest absolute Gasteiger partial charge is 0.333 e. The van der Waals surface area contributed by atoms with Gasteiger partial charge in [0.05, 0.1) is 11.8 Å². The van der Waals surface area contributed by atoms with E-state index < -0.39 is 0 Å². The quantitative estimate of drug-likeness (QED) is 0.566. The Morgan fingerprint density at radius 1 is 0.864 bits per heavy atom. The maximum atomic E-state index is 4.42. The number of pyridine rings is 1. The molecule has 4 rings (SSSR count). The molecule has 0 aliphatic heterocycles. The Bertz CT molecular complexity index is 894. The molecule has 0 unspecified atom stereocenters. The fourth-order valence-electron chi connectivity index (χ4n) is 2.64. The Morgan fingerprint density at radius 3 is 2.55 bits per heavy atom. The second kappa shape index (κ2) is 5.45. The third-order valence-electron chi connectivity index (χ3n) is 3.82. The Hall–Kier alpha value is -2.94. The van der Waals surface area contributed by atoms with E-state index in [-0.39, 0.29) is 0 Å². The Morgan fingerprint density at radius 2 is 1.73 bits per heavy atom. The average molecular weight is 285 g/mol. The van der Waals surface area contributed by atoms with Crippen molar-refractivity contribution in [1.82, 2.24) is 14.5 Å². The fraction of sp³-hybridized carbons (Fsp3) is 0.0526. The summed E-state index contributed by atoms with van der Waals surface area (Å²) in [7, 11) is 0. The van der Waals surface area contributed by atoms with Crippen LogP contribution < -0.4 is 0 Å². The first-order chi connectivity index (χ1) is 10.9. The minimum atomic E-state index is 0.847. The van der Waals surface area contributed by atoms with Gasteiger partial charge in [-0.1, -0.05) is 42.5 Å². The third-order valence-corrected chi connectivity index (χ3v) is 3.82. The van der Waals surface area contributed by atoms with Gasteiger partial charge in [0, 0.05) is 30.5 Å². The first kappa shape index (κ1) is 12.8. The molecule has 0 amide bonds.